The molecule has 1 N–H and O–H groups in total. The number of para-hydroxylation sites is 2. The van der Waals surface area contributed by atoms with E-state index in [2.05, 4.69) is 10.3 Å². The van der Waals surface area contributed by atoms with Gasteiger partial charge in [0.05, 0.1) is 12.1 Å². The van der Waals surface area contributed by atoms with Gasteiger partial charge in [0.1, 0.15) is 23.6 Å². The molecule has 0 bridgehead atoms. The van der Waals surface area contributed by atoms with Crippen LogP contribution in [-0.4, -0.2) is 47.4 Å². The van der Waals surface area contributed by atoms with Crippen molar-refractivity contribution in [2.45, 2.75) is 18.6 Å². The Kier molecular flexibility index (Phi) is 4.93. The molecule has 2 aromatic carbocycles. The predicted molar refractivity (Wildman–Crippen MR) is 106 cm³/mol. The predicted octanol–water partition coefficient (Wildman–Crippen LogP) is 2.64. The molecule has 142 valence electrons. The molecule has 1 fully saturated rings. The molecule has 2 atom stereocenters. The summed E-state index contributed by atoms with van der Waals surface area (Å²) in [5, 5.41) is 3.61. The highest BCUT2D eigenvalue weighted by molar-refractivity contribution is 5.98. The number of nitrogens with one attached hydrogen (secondary N) is 1. The summed E-state index contributed by atoms with van der Waals surface area (Å²) in [5.74, 6) is 0.258. The lowest BCUT2D eigenvalue weighted by molar-refractivity contribution is -0.124. The van der Waals surface area contributed by atoms with Gasteiger partial charge in [0.15, 0.2) is 0 Å². The minimum absolute atomic E-state index is 0.201. The van der Waals surface area contributed by atoms with Gasteiger partial charge in [-0.15, -0.1) is 0 Å². The van der Waals surface area contributed by atoms with Gasteiger partial charge in [0, 0.05) is 18.9 Å². The van der Waals surface area contributed by atoms with Crippen molar-refractivity contribution in [1.82, 2.24) is 15.2 Å². The molecule has 0 spiro atoms. The molecule has 4 rings (SSSR count). The van der Waals surface area contributed by atoms with Crippen molar-refractivity contribution in [1.29, 1.82) is 0 Å². The zero-order chi connectivity index (χ0) is 19.5. The van der Waals surface area contributed by atoms with Gasteiger partial charge in [0.25, 0.3) is 5.91 Å². The molecule has 2 heterocycles. The number of carbonyl (C=O) groups is 2. The van der Waals surface area contributed by atoms with Gasteiger partial charge >= 0.3 is 0 Å². The molecule has 6 heteroatoms. The summed E-state index contributed by atoms with van der Waals surface area (Å²) in [6.45, 7) is 0.334. The third-order valence-electron chi connectivity index (χ3n) is 4.94. The minimum atomic E-state index is -0.584. The van der Waals surface area contributed by atoms with E-state index in [9.17, 15) is 9.59 Å². The third kappa shape index (κ3) is 3.53. The molecule has 6 nitrogen and oxygen atoms in total. The lowest BCUT2D eigenvalue weighted by Gasteiger charge is -2.22. The average Bonchev–Trinajstić information content (AvgIpc) is 3.16. The molecule has 1 aliphatic heterocycles. The highest BCUT2D eigenvalue weighted by Gasteiger charge is 2.41. The molecule has 0 unspecified atom stereocenters. The SMILES string of the molecule is CNC(=O)[C@H]1C[C@H](Oc2ccccc2)CN1C(=O)c1ccc2ccccc2n1. The third-order valence-corrected chi connectivity index (χ3v) is 4.94. The van der Waals surface area contributed by atoms with Crippen molar-refractivity contribution in [2.75, 3.05) is 13.6 Å². The Morgan fingerprint density at radius 3 is 2.57 bits per heavy atom. The van der Waals surface area contributed by atoms with Crippen LogP contribution in [0, 0.1) is 0 Å². The van der Waals surface area contributed by atoms with Crippen LogP contribution in [0.2, 0.25) is 0 Å². The average molecular weight is 375 g/mol. The van der Waals surface area contributed by atoms with E-state index in [4.69, 9.17) is 4.74 Å². The van der Waals surface area contributed by atoms with E-state index in [0.717, 1.165) is 16.7 Å². The van der Waals surface area contributed by atoms with Crippen LogP contribution in [-0.2, 0) is 4.79 Å². The molecule has 0 aliphatic carbocycles. The largest absolute Gasteiger partial charge is 0.488 e. The first kappa shape index (κ1) is 18.0. The van der Waals surface area contributed by atoms with Crippen molar-refractivity contribution in [3.63, 3.8) is 0 Å². The Morgan fingerprint density at radius 2 is 1.79 bits per heavy atom. The Bertz CT molecular complexity index is 1010. The van der Waals surface area contributed by atoms with E-state index >= 15 is 0 Å². The van der Waals surface area contributed by atoms with Gasteiger partial charge in [-0.3, -0.25) is 9.59 Å². The first-order valence-corrected chi connectivity index (χ1v) is 9.26. The number of fused-ring (bicyclic) bond motifs is 1. The second kappa shape index (κ2) is 7.68. The van der Waals surface area contributed by atoms with Crippen molar-refractivity contribution in [2.24, 2.45) is 0 Å². The molecule has 0 saturated carbocycles. The molecule has 3 aromatic rings. The van der Waals surface area contributed by atoms with E-state index in [1.165, 1.54) is 0 Å². The second-order valence-corrected chi connectivity index (χ2v) is 6.77. The Balaban J connectivity index is 1.59. The lowest BCUT2D eigenvalue weighted by atomic mass is 10.1. The fourth-order valence-electron chi connectivity index (χ4n) is 3.55. The zero-order valence-electron chi connectivity index (χ0n) is 15.5. The maximum Gasteiger partial charge on any atom is 0.273 e. The van der Waals surface area contributed by atoms with Gasteiger partial charge in [-0.2, -0.15) is 0 Å². The molecule has 2 amide bonds. The molecule has 0 radical (unpaired) electrons. The number of likely N-dealkylation sites (tertiary alicyclic amines) is 1. The van der Waals surface area contributed by atoms with E-state index in [0.29, 0.717) is 18.7 Å². The van der Waals surface area contributed by atoms with Crippen molar-refractivity contribution in [3.8, 4) is 5.75 Å². The zero-order valence-corrected chi connectivity index (χ0v) is 15.5. The topological polar surface area (TPSA) is 71.5 Å². The first-order valence-electron chi connectivity index (χ1n) is 9.26. The summed E-state index contributed by atoms with van der Waals surface area (Å²) in [5.41, 5.74) is 1.08. The van der Waals surface area contributed by atoms with Gasteiger partial charge in [-0.05, 0) is 24.3 Å². The van der Waals surface area contributed by atoms with Crippen LogP contribution >= 0.6 is 0 Å². The molecular formula is C22H21N3O3. The van der Waals surface area contributed by atoms with Gasteiger partial charge in [-0.25, -0.2) is 4.98 Å². The summed E-state index contributed by atoms with van der Waals surface area (Å²) in [4.78, 5) is 31.6. The normalized spacial score (nSPS) is 18.8. The number of carbonyl (C=O) groups excluding carboxylic acids is 2. The molecular weight excluding hydrogens is 354 g/mol. The highest BCUT2D eigenvalue weighted by Crippen LogP contribution is 2.25. The smallest absolute Gasteiger partial charge is 0.273 e. The first-order chi connectivity index (χ1) is 13.7. The summed E-state index contributed by atoms with van der Waals surface area (Å²) in [6.07, 6.45) is 0.183. The molecule has 28 heavy (non-hydrogen) atoms. The number of nitrogens with zero attached hydrogens (tertiary/aromatic N) is 2. The van der Waals surface area contributed by atoms with Crippen LogP contribution in [0.25, 0.3) is 10.9 Å². The number of aromatic nitrogens is 1. The Labute approximate surface area is 163 Å². The quantitative estimate of drug-likeness (QED) is 0.761. The van der Waals surface area contributed by atoms with Crippen LogP contribution in [0.15, 0.2) is 66.7 Å². The molecule has 1 saturated heterocycles. The number of rotatable bonds is 4. The number of amides is 2. The monoisotopic (exact) mass is 375 g/mol. The molecule has 1 aromatic heterocycles. The highest BCUT2D eigenvalue weighted by atomic mass is 16.5. The number of hydrogen-bond donors (Lipinski definition) is 1. The lowest BCUT2D eigenvalue weighted by Crippen LogP contribution is -2.45. The number of ether oxygens (including phenoxy) is 1. The fraction of sp³-hybridized carbons (Fsp3) is 0.227. The Hall–Kier alpha value is -3.41. The van der Waals surface area contributed by atoms with Crippen molar-refractivity contribution >= 4 is 22.7 Å². The maximum absolute atomic E-state index is 13.1. The minimum Gasteiger partial charge on any atom is -0.488 e. The Morgan fingerprint density at radius 1 is 1.04 bits per heavy atom. The number of pyridine rings is 1. The van der Waals surface area contributed by atoms with Crippen LogP contribution in [0.3, 0.4) is 0 Å². The summed E-state index contributed by atoms with van der Waals surface area (Å²) in [7, 11) is 1.57. The standard InChI is InChI=1S/C22H21N3O3/c1-23-21(26)20-13-17(28-16-8-3-2-4-9-16)14-25(20)22(27)19-12-11-15-7-5-6-10-18(15)24-19/h2-12,17,20H,13-14H2,1H3,(H,23,26)/t17-,20+/m0/s1. The number of benzene rings is 2. The van der Waals surface area contributed by atoms with E-state index < -0.39 is 6.04 Å². The summed E-state index contributed by atoms with van der Waals surface area (Å²) >= 11 is 0. The van der Waals surface area contributed by atoms with Crippen LogP contribution in [0.5, 0.6) is 5.75 Å². The summed E-state index contributed by atoms with van der Waals surface area (Å²) < 4.78 is 5.99. The summed E-state index contributed by atoms with van der Waals surface area (Å²) in [6, 6.07) is 20.1. The van der Waals surface area contributed by atoms with Crippen molar-refractivity contribution in [3.05, 3.63) is 72.4 Å². The van der Waals surface area contributed by atoms with Crippen molar-refractivity contribution < 1.29 is 14.3 Å². The molecule has 1 aliphatic rings. The number of likely N-dealkylation sites (N-methyl/N-ethyl adjacent to an activating group) is 1. The van der Waals surface area contributed by atoms with Crippen LogP contribution in [0.4, 0.5) is 0 Å². The maximum atomic E-state index is 13.1. The van der Waals surface area contributed by atoms with Crippen LogP contribution in [0.1, 0.15) is 16.9 Å². The number of hydrogen-bond acceptors (Lipinski definition) is 4. The second-order valence-electron chi connectivity index (χ2n) is 6.77. The van der Waals surface area contributed by atoms with E-state index in [-0.39, 0.29) is 17.9 Å². The van der Waals surface area contributed by atoms with Crippen LogP contribution < -0.4 is 10.1 Å². The van der Waals surface area contributed by atoms with Gasteiger partial charge < -0.3 is 15.0 Å². The van der Waals surface area contributed by atoms with E-state index in [1.54, 1.807) is 18.0 Å². The van der Waals surface area contributed by atoms with Gasteiger partial charge in [-0.1, -0.05) is 42.5 Å². The van der Waals surface area contributed by atoms with Gasteiger partial charge in [0.2, 0.25) is 5.91 Å². The fourth-order valence-corrected chi connectivity index (χ4v) is 3.55. The van der Waals surface area contributed by atoms with E-state index in [1.807, 2.05) is 60.7 Å².